The van der Waals surface area contributed by atoms with Crippen LogP contribution in [0, 0.1) is 10.7 Å². The Labute approximate surface area is 205 Å². The SMILES string of the molecule is O=C(c1ccccc1)C1CCN(Cn2nc(Cc3cccs3)n(C3CCCCC3)c2=S)CC1. The van der Waals surface area contributed by atoms with E-state index in [1.54, 1.807) is 11.3 Å². The number of nitrogens with zero attached hydrogens (tertiary/aromatic N) is 4. The molecule has 7 heteroatoms. The third kappa shape index (κ3) is 5.20. The zero-order valence-electron chi connectivity index (χ0n) is 19.1. The van der Waals surface area contributed by atoms with Gasteiger partial charge in [-0.15, -0.1) is 11.3 Å². The topological polar surface area (TPSA) is 43.1 Å². The van der Waals surface area contributed by atoms with E-state index < -0.39 is 0 Å². The minimum Gasteiger partial charge on any atom is -0.301 e. The molecular weight excluding hydrogens is 448 g/mol. The lowest BCUT2D eigenvalue weighted by Crippen LogP contribution is -2.37. The van der Waals surface area contributed by atoms with Crippen molar-refractivity contribution in [3.05, 3.63) is 68.9 Å². The standard InChI is InChI=1S/C26H32N4OS2/c31-25(20-8-3-1-4-9-20)21-13-15-28(16-14-21)19-29-26(32)30(22-10-5-2-6-11-22)24(27-29)18-23-12-7-17-33-23/h1,3-4,7-9,12,17,21-22H,2,5-6,10-11,13-16,18-19H2. The highest BCUT2D eigenvalue weighted by Crippen LogP contribution is 2.31. The Hall–Kier alpha value is -2.09. The summed E-state index contributed by atoms with van der Waals surface area (Å²) in [4.78, 5) is 16.6. The Morgan fingerprint density at radius 3 is 2.45 bits per heavy atom. The summed E-state index contributed by atoms with van der Waals surface area (Å²) in [5.74, 6) is 1.50. The number of thiophene rings is 1. The zero-order chi connectivity index (χ0) is 22.6. The van der Waals surface area contributed by atoms with Crippen LogP contribution >= 0.6 is 23.6 Å². The van der Waals surface area contributed by atoms with Gasteiger partial charge < -0.3 is 4.57 Å². The molecule has 5 rings (SSSR count). The molecule has 1 saturated heterocycles. The van der Waals surface area contributed by atoms with E-state index in [1.807, 2.05) is 35.0 Å². The van der Waals surface area contributed by atoms with E-state index >= 15 is 0 Å². The van der Waals surface area contributed by atoms with Crippen molar-refractivity contribution >= 4 is 29.3 Å². The van der Waals surface area contributed by atoms with E-state index in [2.05, 4.69) is 27.0 Å². The number of ketones is 1. The lowest BCUT2D eigenvalue weighted by molar-refractivity contribution is 0.0803. The van der Waals surface area contributed by atoms with Gasteiger partial charge in [0, 0.05) is 41.9 Å². The van der Waals surface area contributed by atoms with Gasteiger partial charge in [-0.05, 0) is 49.3 Å². The molecule has 0 radical (unpaired) electrons. The van der Waals surface area contributed by atoms with Gasteiger partial charge in [0.2, 0.25) is 0 Å². The summed E-state index contributed by atoms with van der Waals surface area (Å²) in [5.41, 5.74) is 0.836. The summed E-state index contributed by atoms with van der Waals surface area (Å²) in [6.07, 6.45) is 8.92. The predicted molar refractivity (Wildman–Crippen MR) is 135 cm³/mol. The van der Waals surface area contributed by atoms with E-state index in [1.165, 1.54) is 37.0 Å². The second-order valence-corrected chi connectivity index (χ2v) is 10.8. The minimum atomic E-state index is 0.116. The van der Waals surface area contributed by atoms with E-state index in [0.717, 1.165) is 48.5 Å². The number of likely N-dealkylation sites (tertiary alicyclic amines) is 1. The van der Waals surface area contributed by atoms with Crippen LogP contribution < -0.4 is 0 Å². The number of aromatic nitrogens is 3. The van der Waals surface area contributed by atoms with Crippen molar-refractivity contribution in [1.82, 2.24) is 19.2 Å². The number of hydrogen-bond donors (Lipinski definition) is 0. The Balaban J connectivity index is 1.29. The maximum absolute atomic E-state index is 12.8. The molecule has 0 atom stereocenters. The molecule has 174 valence electrons. The fourth-order valence-electron chi connectivity index (χ4n) is 5.32. The zero-order valence-corrected chi connectivity index (χ0v) is 20.7. The van der Waals surface area contributed by atoms with Crippen LogP contribution in [0.25, 0.3) is 0 Å². The third-order valence-electron chi connectivity index (χ3n) is 7.14. The highest BCUT2D eigenvalue weighted by molar-refractivity contribution is 7.71. The Morgan fingerprint density at radius 2 is 1.76 bits per heavy atom. The lowest BCUT2D eigenvalue weighted by Gasteiger charge is -2.31. The highest BCUT2D eigenvalue weighted by atomic mass is 32.1. The second kappa shape index (κ2) is 10.5. The van der Waals surface area contributed by atoms with Gasteiger partial charge in [-0.3, -0.25) is 9.69 Å². The van der Waals surface area contributed by atoms with Crippen LogP contribution in [-0.2, 0) is 13.1 Å². The fourth-order valence-corrected chi connectivity index (χ4v) is 6.37. The molecule has 1 saturated carbocycles. The van der Waals surface area contributed by atoms with Crippen LogP contribution in [0.3, 0.4) is 0 Å². The molecule has 0 bridgehead atoms. The molecule has 1 aromatic carbocycles. The van der Waals surface area contributed by atoms with Crippen LogP contribution in [0.4, 0.5) is 0 Å². The van der Waals surface area contributed by atoms with Crippen LogP contribution in [-0.4, -0.2) is 38.1 Å². The molecule has 33 heavy (non-hydrogen) atoms. The van der Waals surface area contributed by atoms with Crippen LogP contribution in [0.5, 0.6) is 0 Å². The number of carbonyl (C=O) groups is 1. The summed E-state index contributed by atoms with van der Waals surface area (Å²) < 4.78 is 5.25. The van der Waals surface area contributed by atoms with Crippen molar-refractivity contribution in [2.24, 2.45) is 5.92 Å². The number of piperidine rings is 1. The molecular formula is C26H32N4OS2. The monoisotopic (exact) mass is 480 g/mol. The van der Waals surface area contributed by atoms with E-state index in [-0.39, 0.29) is 11.7 Å². The minimum absolute atomic E-state index is 0.116. The molecule has 3 aromatic rings. The van der Waals surface area contributed by atoms with Crippen molar-refractivity contribution in [3.8, 4) is 0 Å². The first-order valence-electron chi connectivity index (χ1n) is 12.2. The van der Waals surface area contributed by atoms with Gasteiger partial charge in [-0.25, -0.2) is 4.68 Å². The number of hydrogen-bond acceptors (Lipinski definition) is 5. The van der Waals surface area contributed by atoms with Gasteiger partial charge in [-0.1, -0.05) is 55.7 Å². The van der Waals surface area contributed by atoms with Crippen molar-refractivity contribution < 1.29 is 4.79 Å². The second-order valence-electron chi connectivity index (χ2n) is 9.38. The Morgan fingerprint density at radius 1 is 1.00 bits per heavy atom. The van der Waals surface area contributed by atoms with E-state index in [4.69, 9.17) is 17.3 Å². The smallest absolute Gasteiger partial charge is 0.199 e. The average molecular weight is 481 g/mol. The van der Waals surface area contributed by atoms with Crippen LogP contribution in [0.1, 0.15) is 72.0 Å². The summed E-state index contributed by atoms with van der Waals surface area (Å²) in [6.45, 7) is 2.52. The molecule has 0 N–H and O–H groups in total. The van der Waals surface area contributed by atoms with Crippen LogP contribution in [0.15, 0.2) is 47.8 Å². The summed E-state index contributed by atoms with van der Waals surface area (Å²) in [7, 11) is 0. The molecule has 2 aliphatic rings. The van der Waals surface area contributed by atoms with E-state index in [9.17, 15) is 4.79 Å². The molecule has 0 spiro atoms. The van der Waals surface area contributed by atoms with Crippen LogP contribution in [0.2, 0.25) is 0 Å². The number of Topliss-reactive ketones (excluding diaryl/α,β-unsaturated/α-hetero) is 1. The molecule has 0 unspecified atom stereocenters. The predicted octanol–water partition coefficient (Wildman–Crippen LogP) is 6.12. The van der Waals surface area contributed by atoms with Crippen molar-refractivity contribution in [2.45, 2.75) is 64.1 Å². The first-order valence-corrected chi connectivity index (χ1v) is 13.5. The first kappa shape index (κ1) is 22.7. The lowest BCUT2D eigenvalue weighted by atomic mass is 9.89. The molecule has 5 nitrogen and oxygen atoms in total. The largest absolute Gasteiger partial charge is 0.301 e. The molecule has 2 aromatic heterocycles. The van der Waals surface area contributed by atoms with Gasteiger partial charge in [0.05, 0.1) is 6.67 Å². The van der Waals surface area contributed by atoms with E-state index in [0.29, 0.717) is 12.7 Å². The Bertz CT molecular complexity index is 1110. The number of carbonyl (C=O) groups excluding carboxylic acids is 1. The number of benzene rings is 1. The van der Waals surface area contributed by atoms with Gasteiger partial charge >= 0.3 is 0 Å². The van der Waals surface area contributed by atoms with Gasteiger partial charge in [0.15, 0.2) is 10.6 Å². The average Bonchev–Trinajstić information content (AvgIpc) is 3.48. The normalized spacial score (nSPS) is 18.5. The van der Waals surface area contributed by atoms with Gasteiger partial charge in [0.25, 0.3) is 0 Å². The molecule has 3 heterocycles. The molecule has 2 fully saturated rings. The maximum atomic E-state index is 12.8. The first-order chi connectivity index (χ1) is 16.2. The third-order valence-corrected chi connectivity index (χ3v) is 8.43. The number of rotatable bonds is 7. The van der Waals surface area contributed by atoms with Gasteiger partial charge in [0.1, 0.15) is 5.82 Å². The molecule has 0 amide bonds. The van der Waals surface area contributed by atoms with Gasteiger partial charge in [-0.2, -0.15) is 5.10 Å². The quantitative estimate of drug-likeness (QED) is 0.302. The maximum Gasteiger partial charge on any atom is 0.199 e. The van der Waals surface area contributed by atoms with Crippen molar-refractivity contribution in [3.63, 3.8) is 0 Å². The fraction of sp³-hybridized carbons (Fsp3) is 0.500. The van der Waals surface area contributed by atoms with Crippen molar-refractivity contribution in [1.29, 1.82) is 0 Å². The summed E-state index contributed by atoms with van der Waals surface area (Å²) in [6, 6.07) is 14.5. The summed E-state index contributed by atoms with van der Waals surface area (Å²) in [5, 5.41) is 7.16. The summed E-state index contributed by atoms with van der Waals surface area (Å²) >= 11 is 7.76. The highest BCUT2D eigenvalue weighted by Gasteiger charge is 2.27. The Kier molecular flexibility index (Phi) is 7.19. The molecule has 1 aliphatic heterocycles. The molecule has 1 aliphatic carbocycles. The van der Waals surface area contributed by atoms with Crippen molar-refractivity contribution in [2.75, 3.05) is 13.1 Å².